The molecule has 172 valence electrons. The first-order valence-corrected chi connectivity index (χ1v) is 12.2. The van der Waals surface area contributed by atoms with Gasteiger partial charge in [0, 0.05) is 27.9 Å². The fraction of sp³-hybridized carbons (Fsp3) is 0.0741. The van der Waals surface area contributed by atoms with E-state index in [1.165, 1.54) is 16.3 Å². The first-order valence-electron chi connectivity index (χ1n) is 11.0. The van der Waals surface area contributed by atoms with E-state index in [9.17, 15) is 9.59 Å². The predicted octanol–water partition coefficient (Wildman–Crippen LogP) is 6.49. The minimum absolute atomic E-state index is 0.238. The van der Waals surface area contributed by atoms with Gasteiger partial charge >= 0.3 is 0 Å². The summed E-state index contributed by atoms with van der Waals surface area (Å²) >= 11 is 7.70. The standard InChI is InChI=1S/C27H18ClN3O3S/c28-17-10-11-19-18(14-17)24(16-6-2-1-3-7-16)25(26(32)29-19)20-15-21(22-8-4-12-34-22)31(30-20)27(33)23-9-5-13-35-23/h1-14,21H,15H2,(H,29,32)/t21-/m0/s1. The van der Waals surface area contributed by atoms with Crippen molar-refractivity contribution in [3.8, 4) is 11.1 Å². The average Bonchev–Trinajstić information content (AvgIpc) is 3.65. The molecule has 0 bridgehead atoms. The number of fused-ring (bicyclic) bond motifs is 1. The summed E-state index contributed by atoms with van der Waals surface area (Å²) in [7, 11) is 0. The van der Waals surface area contributed by atoms with Gasteiger partial charge in [-0.1, -0.05) is 48.0 Å². The number of hydrogen-bond donors (Lipinski definition) is 1. The molecule has 6 nitrogen and oxygen atoms in total. The molecule has 4 heterocycles. The number of carbonyl (C=O) groups is 1. The molecule has 35 heavy (non-hydrogen) atoms. The van der Waals surface area contributed by atoms with Crippen LogP contribution < -0.4 is 5.56 Å². The molecule has 0 saturated heterocycles. The van der Waals surface area contributed by atoms with Crippen molar-refractivity contribution in [2.45, 2.75) is 12.5 Å². The molecule has 0 saturated carbocycles. The number of pyridine rings is 1. The van der Waals surface area contributed by atoms with Gasteiger partial charge in [-0.05, 0) is 47.3 Å². The molecule has 5 aromatic rings. The third-order valence-electron chi connectivity index (χ3n) is 6.05. The number of furan rings is 1. The maximum Gasteiger partial charge on any atom is 0.284 e. The number of amides is 1. The maximum absolute atomic E-state index is 13.5. The zero-order valence-electron chi connectivity index (χ0n) is 18.3. The number of thiophene rings is 1. The van der Waals surface area contributed by atoms with E-state index >= 15 is 0 Å². The van der Waals surface area contributed by atoms with E-state index in [4.69, 9.17) is 21.1 Å². The zero-order valence-corrected chi connectivity index (χ0v) is 19.8. The SMILES string of the molecule is O=C(c1cccs1)N1N=C(c2c(-c3ccccc3)c3cc(Cl)ccc3[nH]c2=O)C[C@H]1c1ccco1. The Balaban J connectivity index is 1.58. The third kappa shape index (κ3) is 3.79. The minimum Gasteiger partial charge on any atom is -0.467 e. The van der Waals surface area contributed by atoms with Crippen LogP contribution in [0.15, 0.2) is 98.8 Å². The van der Waals surface area contributed by atoms with Crippen molar-refractivity contribution in [3.63, 3.8) is 0 Å². The summed E-state index contributed by atoms with van der Waals surface area (Å²) in [6.07, 6.45) is 1.90. The molecule has 8 heteroatoms. The Kier molecular flexibility index (Phi) is 5.36. The van der Waals surface area contributed by atoms with Crippen LogP contribution in [0.3, 0.4) is 0 Å². The van der Waals surface area contributed by atoms with Crippen LogP contribution in [0.25, 0.3) is 22.0 Å². The summed E-state index contributed by atoms with van der Waals surface area (Å²) < 4.78 is 5.66. The number of benzene rings is 2. The Labute approximate surface area is 209 Å². The highest BCUT2D eigenvalue weighted by Crippen LogP contribution is 2.38. The maximum atomic E-state index is 13.5. The van der Waals surface area contributed by atoms with Crippen molar-refractivity contribution >= 4 is 45.5 Å². The Hall–Kier alpha value is -3.94. The zero-order chi connectivity index (χ0) is 23.9. The van der Waals surface area contributed by atoms with Crippen molar-refractivity contribution in [2.75, 3.05) is 0 Å². The van der Waals surface area contributed by atoms with E-state index < -0.39 is 6.04 Å². The largest absolute Gasteiger partial charge is 0.467 e. The Bertz CT molecular complexity index is 1620. The van der Waals surface area contributed by atoms with Crippen molar-refractivity contribution in [1.82, 2.24) is 9.99 Å². The van der Waals surface area contributed by atoms with E-state index in [0.717, 1.165) is 16.5 Å². The molecule has 0 unspecified atom stereocenters. The second kappa shape index (κ2) is 8.69. The van der Waals surface area contributed by atoms with Gasteiger partial charge in [0.25, 0.3) is 11.5 Å². The highest BCUT2D eigenvalue weighted by atomic mass is 35.5. The third-order valence-corrected chi connectivity index (χ3v) is 7.14. The highest BCUT2D eigenvalue weighted by molar-refractivity contribution is 7.12. The van der Waals surface area contributed by atoms with Crippen LogP contribution in [0.4, 0.5) is 0 Å². The first-order chi connectivity index (χ1) is 17.1. The van der Waals surface area contributed by atoms with Crippen LogP contribution in [0, 0.1) is 0 Å². The quantitative estimate of drug-likeness (QED) is 0.307. The molecular weight excluding hydrogens is 482 g/mol. The van der Waals surface area contributed by atoms with Crippen LogP contribution in [0.1, 0.15) is 33.5 Å². The summed E-state index contributed by atoms with van der Waals surface area (Å²) in [5.74, 6) is 0.369. The normalized spacial score (nSPS) is 15.5. The second-order valence-corrected chi connectivity index (χ2v) is 9.55. The molecule has 2 aromatic carbocycles. The molecule has 6 rings (SSSR count). The number of hydrogen-bond acceptors (Lipinski definition) is 5. The molecule has 0 fully saturated rings. The number of nitrogens with zero attached hydrogens (tertiary/aromatic N) is 2. The summed E-state index contributed by atoms with van der Waals surface area (Å²) in [5, 5.41) is 9.36. The number of halogens is 1. The van der Waals surface area contributed by atoms with Gasteiger partial charge in [-0.25, -0.2) is 5.01 Å². The number of hydrazone groups is 1. The second-order valence-electron chi connectivity index (χ2n) is 8.17. The van der Waals surface area contributed by atoms with Gasteiger partial charge in [0.2, 0.25) is 0 Å². The van der Waals surface area contributed by atoms with Gasteiger partial charge in [-0.3, -0.25) is 9.59 Å². The molecule has 1 amide bonds. The van der Waals surface area contributed by atoms with E-state index in [0.29, 0.717) is 38.9 Å². The van der Waals surface area contributed by atoms with Gasteiger partial charge in [0.05, 0.1) is 22.4 Å². The monoisotopic (exact) mass is 499 g/mol. The van der Waals surface area contributed by atoms with E-state index in [-0.39, 0.29) is 11.5 Å². The van der Waals surface area contributed by atoms with E-state index in [2.05, 4.69) is 4.98 Å². The lowest BCUT2D eigenvalue weighted by molar-refractivity contribution is 0.0698. The summed E-state index contributed by atoms with van der Waals surface area (Å²) in [6.45, 7) is 0. The lowest BCUT2D eigenvalue weighted by atomic mass is 9.92. The van der Waals surface area contributed by atoms with Crippen molar-refractivity contribution in [2.24, 2.45) is 5.10 Å². The van der Waals surface area contributed by atoms with Crippen LogP contribution in [0.2, 0.25) is 5.02 Å². The van der Waals surface area contributed by atoms with Gasteiger partial charge in [-0.2, -0.15) is 5.10 Å². The lowest BCUT2D eigenvalue weighted by Gasteiger charge is -2.19. The average molecular weight is 500 g/mol. The van der Waals surface area contributed by atoms with E-state index in [1.807, 2.05) is 53.9 Å². The summed E-state index contributed by atoms with van der Waals surface area (Å²) in [4.78, 5) is 30.4. The van der Waals surface area contributed by atoms with Gasteiger partial charge in [0.15, 0.2) is 0 Å². The van der Waals surface area contributed by atoms with Crippen LogP contribution in [-0.4, -0.2) is 21.6 Å². The Morgan fingerprint density at radius 2 is 1.91 bits per heavy atom. The predicted molar refractivity (Wildman–Crippen MR) is 138 cm³/mol. The number of aromatic amines is 1. The number of aromatic nitrogens is 1. The smallest absolute Gasteiger partial charge is 0.284 e. The fourth-order valence-electron chi connectivity index (χ4n) is 4.51. The molecule has 1 aliphatic heterocycles. The number of nitrogens with one attached hydrogen (secondary N) is 1. The van der Waals surface area contributed by atoms with Crippen molar-refractivity contribution in [1.29, 1.82) is 0 Å². The first kappa shape index (κ1) is 21.6. The van der Waals surface area contributed by atoms with Crippen LogP contribution in [0.5, 0.6) is 0 Å². The topological polar surface area (TPSA) is 78.7 Å². The van der Waals surface area contributed by atoms with Crippen LogP contribution in [-0.2, 0) is 0 Å². The van der Waals surface area contributed by atoms with Gasteiger partial charge in [0.1, 0.15) is 11.8 Å². The molecule has 3 aromatic heterocycles. The van der Waals surface area contributed by atoms with Crippen LogP contribution >= 0.6 is 22.9 Å². The number of carbonyl (C=O) groups excluding carboxylic acids is 1. The van der Waals surface area contributed by atoms with Crippen molar-refractivity contribution in [3.05, 3.63) is 116 Å². The van der Waals surface area contributed by atoms with Crippen molar-refractivity contribution < 1.29 is 9.21 Å². The summed E-state index contributed by atoms with van der Waals surface area (Å²) in [6, 6.07) is 21.8. The summed E-state index contributed by atoms with van der Waals surface area (Å²) in [5.41, 5.74) is 2.92. The lowest BCUT2D eigenvalue weighted by Crippen LogP contribution is -2.26. The minimum atomic E-state index is -0.465. The molecular formula is C27H18ClN3O3S. The molecule has 1 N–H and O–H groups in total. The van der Waals surface area contributed by atoms with Gasteiger partial charge < -0.3 is 9.40 Å². The van der Waals surface area contributed by atoms with E-state index in [1.54, 1.807) is 30.5 Å². The molecule has 1 aliphatic rings. The Morgan fingerprint density at radius 1 is 1.06 bits per heavy atom. The highest BCUT2D eigenvalue weighted by Gasteiger charge is 2.37. The number of rotatable bonds is 4. The molecule has 0 spiro atoms. The molecule has 1 atom stereocenters. The fourth-order valence-corrected chi connectivity index (χ4v) is 5.34. The number of H-pyrrole nitrogens is 1. The van der Waals surface area contributed by atoms with Gasteiger partial charge in [-0.15, -0.1) is 11.3 Å². The molecule has 0 radical (unpaired) electrons. The Morgan fingerprint density at radius 3 is 2.66 bits per heavy atom. The molecule has 0 aliphatic carbocycles.